The number of ether oxygens (including phenoxy) is 3. The molecule has 0 fully saturated rings. The summed E-state index contributed by atoms with van der Waals surface area (Å²) < 4.78 is 15.7. The third kappa shape index (κ3) is 5.14. The summed E-state index contributed by atoms with van der Waals surface area (Å²) >= 11 is 0. The fraction of sp³-hybridized carbons (Fsp3) is 0.346. The first-order valence-corrected chi connectivity index (χ1v) is 11.0. The van der Waals surface area contributed by atoms with Gasteiger partial charge in [-0.1, -0.05) is 38.1 Å². The van der Waals surface area contributed by atoms with Gasteiger partial charge in [0.25, 0.3) is 0 Å². The Morgan fingerprint density at radius 1 is 1.15 bits per heavy atom. The molecule has 7 nitrogen and oxygen atoms in total. The minimum absolute atomic E-state index is 0.00289. The predicted molar refractivity (Wildman–Crippen MR) is 129 cm³/mol. The zero-order valence-electron chi connectivity index (χ0n) is 20.0. The SMILES string of the molecule is CCOC(=O)Oc1cc(O)c(C2=C(/C(C)=c3\cccc\c3=C(\C)OC)CNN2)cc1C(C)C. The van der Waals surface area contributed by atoms with Crippen LogP contribution in [0.2, 0.25) is 0 Å². The van der Waals surface area contributed by atoms with E-state index in [1.807, 2.05) is 45.0 Å². The van der Waals surface area contributed by atoms with Crippen molar-refractivity contribution in [3.05, 3.63) is 63.5 Å². The molecule has 1 aliphatic heterocycles. The molecule has 1 aliphatic rings. The molecule has 0 amide bonds. The van der Waals surface area contributed by atoms with E-state index < -0.39 is 6.16 Å². The number of phenolic OH excluding ortho intramolecular Hbond substituents is 1. The van der Waals surface area contributed by atoms with E-state index in [1.165, 1.54) is 6.07 Å². The first-order chi connectivity index (χ1) is 15.8. The van der Waals surface area contributed by atoms with Crippen molar-refractivity contribution in [2.45, 2.75) is 40.5 Å². The van der Waals surface area contributed by atoms with Crippen LogP contribution in [0.1, 0.15) is 51.7 Å². The van der Waals surface area contributed by atoms with Gasteiger partial charge in [0.1, 0.15) is 17.3 Å². The number of hydrogen-bond donors (Lipinski definition) is 3. The number of hydrogen-bond acceptors (Lipinski definition) is 7. The summed E-state index contributed by atoms with van der Waals surface area (Å²) in [4.78, 5) is 11.9. The van der Waals surface area contributed by atoms with Crippen LogP contribution in [0, 0.1) is 0 Å². The Labute approximate surface area is 194 Å². The fourth-order valence-corrected chi connectivity index (χ4v) is 3.89. The van der Waals surface area contributed by atoms with Crippen LogP contribution in [0.15, 0.2) is 42.0 Å². The molecule has 33 heavy (non-hydrogen) atoms. The molecule has 3 rings (SSSR count). The van der Waals surface area contributed by atoms with Crippen LogP contribution in [0.4, 0.5) is 4.79 Å². The number of nitrogens with one attached hydrogen (secondary N) is 2. The van der Waals surface area contributed by atoms with Crippen molar-refractivity contribution in [3.63, 3.8) is 0 Å². The first kappa shape index (κ1) is 24.2. The molecular formula is C26H32N2O5. The van der Waals surface area contributed by atoms with Crippen molar-refractivity contribution in [3.8, 4) is 11.5 Å². The summed E-state index contributed by atoms with van der Waals surface area (Å²) in [6, 6.07) is 11.4. The molecule has 0 bridgehead atoms. The van der Waals surface area contributed by atoms with Crippen LogP contribution in [-0.4, -0.2) is 31.5 Å². The van der Waals surface area contributed by atoms with E-state index in [-0.39, 0.29) is 24.0 Å². The second kappa shape index (κ2) is 10.4. The lowest BCUT2D eigenvalue weighted by molar-refractivity contribution is 0.104. The van der Waals surface area contributed by atoms with Crippen LogP contribution in [0.25, 0.3) is 17.0 Å². The Bertz CT molecular complexity index is 1200. The van der Waals surface area contributed by atoms with E-state index >= 15 is 0 Å². The summed E-state index contributed by atoms with van der Waals surface area (Å²) in [6.07, 6.45) is -0.794. The average molecular weight is 453 g/mol. The number of hydrazine groups is 1. The maximum absolute atomic E-state index is 11.9. The van der Waals surface area contributed by atoms with Gasteiger partial charge in [0.05, 0.1) is 19.4 Å². The average Bonchev–Trinajstić information content (AvgIpc) is 3.27. The molecule has 2 aromatic rings. The standard InChI is InChI=1S/C26H32N2O5/c1-7-32-26(30)33-24-13-23(29)21(12-20(24)15(2)3)25-22(14-27-28-25)16(4)18-10-8-9-11-19(18)17(5)31-6/h8-13,15,27-29H,7,14H2,1-6H3/b18-16+,19-17+. The number of carbonyl (C=O) groups is 1. The number of benzene rings is 2. The van der Waals surface area contributed by atoms with E-state index in [0.717, 1.165) is 38.6 Å². The quantitative estimate of drug-likeness (QED) is 0.457. The van der Waals surface area contributed by atoms with Crippen molar-refractivity contribution in [1.29, 1.82) is 0 Å². The molecule has 0 aliphatic carbocycles. The van der Waals surface area contributed by atoms with Gasteiger partial charge in [-0.3, -0.25) is 0 Å². The fourth-order valence-electron chi connectivity index (χ4n) is 3.89. The highest BCUT2D eigenvalue weighted by atomic mass is 16.7. The molecule has 1 heterocycles. The summed E-state index contributed by atoms with van der Waals surface area (Å²) in [7, 11) is 1.66. The predicted octanol–water partition coefficient (Wildman–Crippen LogP) is 3.52. The highest BCUT2D eigenvalue weighted by molar-refractivity contribution is 5.85. The van der Waals surface area contributed by atoms with Gasteiger partial charge < -0.3 is 24.7 Å². The lowest BCUT2D eigenvalue weighted by atomic mass is 9.94. The molecule has 7 heteroatoms. The molecule has 2 aromatic carbocycles. The second-order valence-electron chi connectivity index (χ2n) is 8.11. The third-order valence-electron chi connectivity index (χ3n) is 5.72. The molecule has 3 N–H and O–H groups in total. The zero-order chi connectivity index (χ0) is 24.1. The summed E-state index contributed by atoms with van der Waals surface area (Å²) in [5.41, 5.74) is 10.7. The maximum atomic E-state index is 11.9. The summed E-state index contributed by atoms with van der Waals surface area (Å²) in [5, 5.41) is 13.0. The van der Waals surface area contributed by atoms with Gasteiger partial charge in [-0.15, -0.1) is 0 Å². The molecule has 0 saturated heterocycles. The highest BCUT2D eigenvalue weighted by Crippen LogP contribution is 2.38. The molecule has 0 aromatic heterocycles. The number of phenols is 1. The van der Waals surface area contributed by atoms with Crippen molar-refractivity contribution >= 4 is 23.2 Å². The Balaban J connectivity index is 2.21. The van der Waals surface area contributed by atoms with Gasteiger partial charge in [0.2, 0.25) is 0 Å². The Morgan fingerprint density at radius 3 is 2.48 bits per heavy atom. The number of carbonyl (C=O) groups excluding carboxylic acids is 1. The minimum atomic E-state index is -0.794. The van der Waals surface area contributed by atoms with Crippen LogP contribution < -0.4 is 26.0 Å². The van der Waals surface area contributed by atoms with Crippen LogP contribution >= 0.6 is 0 Å². The van der Waals surface area contributed by atoms with E-state index in [2.05, 4.69) is 23.8 Å². The molecule has 176 valence electrons. The zero-order valence-corrected chi connectivity index (χ0v) is 20.0. The van der Waals surface area contributed by atoms with Gasteiger partial charge in [-0.2, -0.15) is 0 Å². The number of rotatable bonds is 6. The molecule has 0 saturated carbocycles. The lowest BCUT2D eigenvalue weighted by Gasteiger charge is -2.17. The van der Waals surface area contributed by atoms with E-state index in [4.69, 9.17) is 14.2 Å². The second-order valence-corrected chi connectivity index (χ2v) is 8.11. The van der Waals surface area contributed by atoms with E-state index in [0.29, 0.717) is 12.1 Å². The van der Waals surface area contributed by atoms with Crippen LogP contribution in [0.3, 0.4) is 0 Å². The largest absolute Gasteiger partial charge is 0.513 e. The van der Waals surface area contributed by atoms with Gasteiger partial charge >= 0.3 is 6.16 Å². The maximum Gasteiger partial charge on any atom is 0.513 e. The minimum Gasteiger partial charge on any atom is -0.507 e. The van der Waals surface area contributed by atoms with Crippen molar-refractivity contribution in [2.75, 3.05) is 20.3 Å². The van der Waals surface area contributed by atoms with Crippen LogP contribution in [-0.2, 0) is 9.47 Å². The molecule has 0 unspecified atom stereocenters. The van der Waals surface area contributed by atoms with E-state index in [1.54, 1.807) is 14.0 Å². The van der Waals surface area contributed by atoms with Gasteiger partial charge in [-0.05, 0) is 54.7 Å². The molecule has 0 radical (unpaired) electrons. The summed E-state index contributed by atoms with van der Waals surface area (Å²) in [5.74, 6) is 1.17. The Kier molecular flexibility index (Phi) is 7.66. The molecule has 0 atom stereocenters. The highest BCUT2D eigenvalue weighted by Gasteiger charge is 2.23. The Morgan fingerprint density at radius 2 is 1.85 bits per heavy atom. The number of methoxy groups -OCH3 is 1. The number of aromatic hydroxyl groups is 1. The van der Waals surface area contributed by atoms with Crippen molar-refractivity contribution in [2.24, 2.45) is 0 Å². The Hall–Kier alpha value is -3.45. The van der Waals surface area contributed by atoms with Gasteiger partial charge in [0.15, 0.2) is 0 Å². The lowest BCUT2D eigenvalue weighted by Crippen LogP contribution is -2.29. The topological polar surface area (TPSA) is 89.1 Å². The van der Waals surface area contributed by atoms with Gasteiger partial charge in [-0.25, -0.2) is 10.2 Å². The van der Waals surface area contributed by atoms with E-state index in [9.17, 15) is 9.90 Å². The van der Waals surface area contributed by atoms with Crippen molar-refractivity contribution in [1.82, 2.24) is 10.9 Å². The normalized spacial score (nSPS) is 15.2. The summed E-state index contributed by atoms with van der Waals surface area (Å²) in [6.45, 7) is 10.5. The van der Waals surface area contributed by atoms with Crippen molar-refractivity contribution < 1.29 is 24.1 Å². The first-order valence-electron chi connectivity index (χ1n) is 11.0. The van der Waals surface area contributed by atoms with Gasteiger partial charge in [0, 0.05) is 23.4 Å². The van der Waals surface area contributed by atoms with Crippen LogP contribution in [0.5, 0.6) is 11.5 Å². The molecular weight excluding hydrogens is 420 g/mol. The molecule has 0 spiro atoms. The third-order valence-corrected chi connectivity index (χ3v) is 5.72. The monoisotopic (exact) mass is 452 g/mol. The smallest absolute Gasteiger partial charge is 0.507 e.